The van der Waals surface area contributed by atoms with Gasteiger partial charge in [0.25, 0.3) is 0 Å². The number of hydrogen-bond acceptors (Lipinski definition) is 1. The van der Waals surface area contributed by atoms with Crippen LogP contribution in [-0.4, -0.2) is 9.55 Å². The number of para-hydroxylation sites is 1. The largest absolute Gasteiger partial charge is 0.292 e. The Labute approximate surface area is 129 Å². The third-order valence-corrected chi connectivity index (χ3v) is 3.95. The quantitative estimate of drug-likeness (QED) is 0.594. The molecule has 3 aromatic rings. The van der Waals surface area contributed by atoms with Gasteiger partial charge in [0.15, 0.2) is 0 Å². The molecule has 2 nitrogen and oxygen atoms in total. The van der Waals surface area contributed by atoms with E-state index in [9.17, 15) is 4.39 Å². The van der Waals surface area contributed by atoms with E-state index in [-0.39, 0.29) is 11.7 Å². The molecule has 3 rings (SSSR count). The molecule has 0 saturated carbocycles. The van der Waals surface area contributed by atoms with Crippen LogP contribution in [0.3, 0.4) is 0 Å². The Hall–Kier alpha value is -1.39. The fraction of sp³-hybridized carbons (Fsp3) is 0.133. The Morgan fingerprint density at radius 3 is 2.80 bits per heavy atom. The summed E-state index contributed by atoms with van der Waals surface area (Å²) in [5.41, 5.74) is 3.21. The zero-order valence-electron chi connectivity index (χ0n) is 10.7. The van der Waals surface area contributed by atoms with Crippen molar-refractivity contribution in [3.8, 4) is 5.69 Å². The van der Waals surface area contributed by atoms with Crippen molar-refractivity contribution in [2.45, 2.75) is 12.8 Å². The molecule has 0 amide bonds. The van der Waals surface area contributed by atoms with Crippen molar-refractivity contribution in [1.82, 2.24) is 9.55 Å². The molecule has 0 atom stereocenters. The van der Waals surface area contributed by atoms with Crippen molar-refractivity contribution < 1.29 is 4.39 Å². The topological polar surface area (TPSA) is 17.8 Å². The van der Waals surface area contributed by atoms with Gasteiger partial charge in [-0.15, -0.1) is 11.6 Å². The highest BCUT2D eigenvalue weighted by Crippen LogP contribution is 2.28. The van der Waals surface area contributed by atoms with E-state index in [1.807, 2.05) is 25.1 Å². The van der Waals surface area contributed by atoms with Crippen LogP contribution < -0.4 is 0 Å². The molecule has 2 aromatic carbocycles. The number of fused-ring (bicyclic) bond motifs is 1. The van der Waals surface area contributed by atoms with Gasteiger partial charge in [0.2, 0.25) is 0 Å². The summed E-state index contributed by atoms with van der Waals surface area (Å²) in [5.74, 6) is 0.550. The molecule has 0 aliphatic carbocycles. The molecule has 102 valence electrons. The molecule has 1 heterocycles. The molecule has 0 aliphatic heterocycles. The van der Waals surface area contributed by atoms with E-state index in [0.717, 1.165) is 16.6 Å². The van der Waals surface area contributed by atoms with Crippen molar-refractivity contribution >= 4 is 38.6 Å². The predicted molar refractivity (Wildman–Crippen MR) is 83.0 cm³/mol. The SMILES string of the molecule is Cc1cccc2nc(CCl)n(-c3ccc(Br)cc3F)c12. The summed E-state index contributed by atoms with van der Waals surface area (Å²) in [6.07, 6.45) is 0. The van der Waals surface area contributed by atoms with Gasteiger partial charge < -0.3 is 0 Å². The number of benzene rings is 2. The lowest BCUT2D eigenvalue weighted by Crippen LogP contribution is -2.02. The molecular formula is C15H11BrClFN2. The molecule has 0 aliphatic rings. The highest BCUT2D eigenvalue weighted by Gasteiger charge is 2.16. The minimum absolute atomic E-state index is 0.226. The number of alkyl halides is 1. The van der Waals surface area contributed by atoms with Crippen LogP contribution in [0, 0.1) is 12.7 Å². The molecule has 0 fully saturated rings. The van der Waals surface area contributed by atoms with E-state index < -0.39 is 0 Å². The van der Waals surface area contributed by atoms with Crippen LogP contribution in [-0.2, 0) is 5.88 Å². The van der Waals surface area contributed by atoms with Gasteiger partial charge in [-0.2, -0.15) is 0 Å². The van der Waals surface area contributed by atoms with Crippen LogP contribution in [0.1, 0.15) is 11.4 Å². The third kappa shape index (κ3) is 2.13. The molecule has 0 N–H and O–H groups in total. The average molecular weight is 354 g/mol. The van der Waals surface area contributed by atoms with Crippen LogP contribution >= 0.6 is 27.5 Å². The molecule has 0 bridgehead atoms. The number of aryl methyl sites for hydroxylation is 1. The Morgan fingerprint density at radius 2 is 2.10 bits per heavy atom. The van der Waals surface area contributed by atoms with Crippen molar-refractivity contribution in [2.75, 3.05) is 0 Å². The van der Waals surface area contributed by atoms with E-state index in [0.29, 0.717) is 16.0 Å². The summed E-state index contributed by atoms with van der Waals surface area (Å²) in [7, 11) is 0. The summed E-state index contributed by atoms with van der Waals surface area (Å²) >= 11 is 9.24. The van der Waals surface area contributed by atoms with Gasteiger partial charge in [-0.05, 0) is 36.8 Å². The molecule has 0 radical (unpaired) electrons. The first kappa shape index (κ1) is 13.6. The fourth-order valence-electron chi connectivity index (χ4n) is 2.35. The van der Waals surface area contributed by atoms with E-state index in [4.69, 9.17) is 11.6 Å². The maximum absolute atomic E-state index is 14.3. The fourth-order valence-corrected chi connectivity index (χ4v) is 2.87. The summed E-state index contributed by atoms with van der Waals surface area (Å²) in [4.78, 5) is 4.48. The molecule has 20 heavy (non-hydrogen) atoms. The first-order chi connectivity index (χ1) is 9.61. The molecule has 1 aromatic heterocycles. The third-order valence-electron chi connectivity index (χ3n) is 3.22. The van der Waals surface area contributed by atoms with E-state index in [2.05, 4.69) is 20.9 Å². The second kappa shape index (κ2) is 5.19. The molecular weight excluding hydrogens is 343 g/mol. The van der Waals surface area contributed by atoms with Crippen molar-refractivity contribution in [3.63, 3.8) is 0 Å². The van der Waals surface area contributed by atoms with Gasteiger partial charge in [0.1, 0.15) is 11.6 Å². The Balaban J connectivity index is 2.39. The second-order valence-corrected chi connectivity index (χ2v) is 5.72. The van der Waals surface area contributed by atoms with Gasteiger partial charge in [0.05, 0.1) is 22.6 Å². The predicted octanol–water partition coefficient (Wildman–Crippen LogP) is 4.97. The van der Waals surface area contributed by atoms with Crippen LogP contribution in [0.4, 0.5) is 4.39 Å². The maximum atomic E-state index is 14.3. The molecule has 0 spiro atoms. The zero-order valence-corrected chi connectivity index (χ0v) is 13.0. The summed E-state index contributed by atoms with van der Waals surface area (Å²) in [6.45, 7) is 1.98. The number of halogens is 3. The average Bonchev–Trinajstić information content (AvgIpc) is 2.79. The van der Waals surface area contributed by atoms with Gasteiger partial charge in [0, 0.05) is 4.47 Å². The minimum Gasteiger partial charge on any atom is -0.292 e. The number of hydrogen-bond donors (Lipinski definition) is 0. The smallest absolute Gasteiger partial charge is 0.148 e. The summed E-state index contributed by atoms with van der Waals surface area (Å²) < 4.78 is 16.8. The first-order valence-electron chi connectivity index (χ1n) is 6.10. The van der Waals surface area contributed by atoms with Crippen LogP contribution in [0.2, 0.25) is 0 Å². The highest BCUT2D eigenvalue weighted by molar-refractivity contribution is 9.10. The standard InChI is InChI=1S/C15H11BrClFN2/c1-9-3-2-4-12-15(9)20(14(8-17)19-12)13-6-5-10(16)7-11(13)18/h2-7H,8H2,1H3. The Morgan fingerprint density at radius 1 is 1.30 bits per heavy atom. The second-order valence-electron chi connectivity index (χ2n) is 4.54. The van der Waals surface area contributed by atoms with Crippen LogP contribution in [0.25, 0.3) is 16.7 Å². The highest BCUT2D eigenvalue weighted by atomic mass is 79.9. The number of imidazole rings is 1. The Kier molecular flexibility index (Phi) is 3.52. The summed E-state index contributed by atoms with van der Waals surface area (Å²) in [6, 6.07) is 10.8. The van der Waals surface area contributed by atoms with Crippen molar-refractivity contribution in [3.05, 3.63) is 58.1 Å². The number of rotatable bonds is 2. The van der Waals surface area contributed by atoms with E-state index in [1.165, 1.54) is 6.07 Å². The van der Waals surface area contributed by atoms with Gasteiger partial charge in [-0.25, -0.2) is 9.37 Å². The normalized spacial score (nSPS) is 11.2. The van der Waals surface area contributed by atoms with Crippen molar-refractivity contribution in [2.24, 2.45) is 0 Å². The van der Waals surface area contributed by atoms with Crippen LogP contribution in [0.15, 0.2) is 40.9 Å². The van der Waals surface area contributed by atoms with Crippen molar-refractivity contribution in [1.29, 1.82) is 0 Å². The molecule has 0 unspecified atom stereocenters. The molecule has 0 saturated heterocycles. The van der Waals surface area contributed by atoms with E-state index in [1.54, 1.807) is 16.7 Å². The Bertz CT molecular complexity index is 798. The lowest BCUT2D eigenvalue weighted by Gasteiger charge is -2.10. The molecule has 5 heteroatoms. The zero-order chi connectivity index (χ0) is 14.3. The lowest BCUT2D eigenvalue weighted by atomic mass is 10.2. The number of nitrogens with zero attached hydrogens (tertiary/aromatic N) is 2. The minimum atomic E-state index is -0.312. The van der Waals surface area contributed by atoms with Crippen LogP contribution in [0.5, 0.6) is 0 Å². The maximum Gasteiger partial charge on any atom is 0.148 e. The summed E-state index contributed by atoms with van der Waals surface area (Å²) in [5, 5.41) is 0. The van der Waals surface area contributed by atoms with Gasteiger partial charge in [-0.3, -0.25) is 4.57 Å². The van der Waals surface area contributed by atoms with Gasteiger partial charge in [-0.1, -0.05) is 28.1 Å². The van der Waals surface area contributed by atoms with Gasteiger partial charge >= 0.3 is 0 Å². The van der Waals surface area contributed by atoms with E-state index >= 15 is 0 Å². The first-order valence-corrected chi connectivity index (χ1v) is 7.43. The number of aromatic nitrogens is 2. The monoisotopic (exact) mass is 352 g/mol. The lowest BCUT2D eigenvalue weighted by molar-refractivity contribution is 0.617.